The number of benzene rings is 1. The summed E-state index contributed by atoms with van der Waals surface area (Å²) >= 11 is 0. The Morgan fingerprint density at radius 3 is 2.65 bits per heavy atom. The highest BCUT2D eigenvalue weighted by Gasteiger charge is 2.22. The second kappa shape index (κ2) is 6.16. The van der Waals surface area contributed by atoms with Crippen molar-refractivity contribution in [2.24, 2.45) is 0 Å². The van der Waals surface area contributed by atoms with Crippen LogP contribution in [0.5, 0.6) is 0 Å². The molecule has 0 aliphatic rings. The number of nitrogens with one attached hydrogen (secondary N) is 1. The summed E-state index contributed by atoms with van der Waals surface area (Å²) in [5.74, 6) is 0. The number of rotatable bonds is 5. The lowest BCUT2D eigenvalue weighted by Gasteiger charge is -2.25. The number of aryl methyl sites for hydroxylation is 2. The van der Waals surface area contributed by atoms with Crippen LogP contribution in [0.1, 0.15) is 29.2 Å². The first kappa shape index (κ1) is 14.7. The first-order chi connectivity index (χ1) is 9.49. The average molecular weight is 270 g/mol. The summed E-state index contributed by atoms with van der Waals surface area (Å²) in [6.45, 7) is 7.19. The van der Waals surface area contributed by atoms with Gasteiger partial charge in [-0.05, 0) is 49.1 Å². The van der Waals surface area contributed by atoms with Gasteiger partial charge in [-0.3, -0.25) is 4.98 Å². The van der Waals surface area contributed by atoms with E-state index in [0.29, 0.717) is 13.1 Å². The Morgan fingerprint density at radius 1 is 1.20 bits per heavy atom. The number of aromatic nitrogens is 1. The van der Waals surface area contributed by atoms with E-state index >= 15 is 0 Å². The van der Waals surface area contributed by atoms with Crippen molar-refractivity contribution in [3.05, 3.63) is 65.0 Å². The minimum absolute atomic E-state index is 0.504. The Labute approximate surface area is 120 Å². The van der Waals surface area contributed by atoms with Crippen molar-refractivity contribution < 1.29 is 5.11 Å². The molecule has 0 bridgehead atoms. The molecule has 106 valence electrons. The molecular weight excluding hydrogens is 248 g/mol. The van der Waals surface area contributed by atoms with Gasteiger partial charge < -0.3 is 10.4 Å². The quantitative estimate of drug-likeness (QED) is 0.878. The monoisotopic (exact) mass is 270 g/mol. The van der Waals surface area contributed by atoms with Gasteiger partial charge in [0.1, 0.15) is 0 Å². The molecule has 1 atom stereocenters. The largest absolute Gasteiger partial charge is 0.384 e. The maximum Gasteiger partial charge on any atom is 0.0992 e. The van der Waals surface area contributed by atoms with Gasteiger partial charge in [0, 0.05) is 25.5 Å². The highest BCUT2D eigenvalue weighted by Crippen LogP contribution is 2.22. The lowest BCUT2D eigenvalue weighted by atomic mass is 9.93. The molecule has 3 nitrogen and oxygen atoms in total. The Morgan fingerprint density at radius 2 is 2.00 bits per heavy atom. The highest BCUT2D eigenvalue weighted by molar-refractivity contribution is 5.33. The fourth-order valence-electron chi connectivity index (χ4n) is 2.13. The van der Waals surface area contributed by atoms with Crippen molar-refractivity contribution in [3.63, 3.8) is 0 Å². The minimum Gasteiger partial charge on any atom is -0.384 e. The second-order valence-corrected chi connectivity index (χ2v) is 5.54. The Balaban J connectivity index is 1.98. The Hall–Kier alpha value is -1.71. The third kappa shape index (κ3) is 3.65. The van der Waals surface area contributed by atoms with E-state index in [1.807, 2.05) is 31.3 Å². The summed E-state index contributed by atoms with van der Waals surface area (Å²) in [4.78, 5) is 4.08. The van der Waals surface area contributed by atoms with E-state index < -0.39 is 5.60 Å². The van der Waals surface area contributed by atoms with Crippen LogP contribution in [0.25, 0.3) is 0 Å². The Bertz CT molecular complexity index is 564. The van der Waals surface area contributed by atoms with Crippen molar-refractivity contribution in [1.29, 1.82) is 0 Å². The number of hydrogen-bond acceptors (Lipinski definition) is 3. The van der Waals surface area contributed by atoms with Gasteiger partial charge in [0.2, 0.25) is 0 Å². The van der Waals surface area contributed by atoms with Crippen molar-refractivity contribution in [2.75, 3.05) is 6.54 Å². The summed E-state index contributed by atoms with van der Waals surface area (Å²) in [7, 11) is 0. The summed E-state index contributed by atoms with van der Waals surface area (Å²) in [5, 5.41) is 13.9. The zero-order valence-electron chi connectivity index (χ0n) is 12.4. The van der Waals surface area contributed by atoms with Crippen LogP contribution in [0.15, 0.2) is 42.7 Å². The van der Waals surface area contributed by atoms with Gasteiger partial charge in [-0.25, -0.2) is 0 Å². The molecule has 3 heteroatoms. The molecule has 1 unspecified atom stereocenters. The molecule has 0 fully saturated rings. The van der Waals surface area contributed by atoms with Gasteiger partial charge >= 0.3 is 0 Å². The van der Waals surface area contributed by atoms with E-state index in [1.165, 1.54) is 11.1 Å². The van der Waals surface area contributed by atoms with Crippen LogP contribution in [0, 0.1) is 13.8 Å². The normalized spacial score (nSPS) is 14.0. The van der Waals surface area contributed by atoms with Crippen LogP contribution in [0.2, 0.25) is 0 Å². The second-order valence-electron chi connectivity index (χ2n) is 5.54. The van der Waals surface area contributed by atoms with Gasteiger partial charge in [-0.15, -0.1) is 0 Å². The van der Waals surface area contributed by atoms with E-state index in [0.717, 1.165) is 11.1 Å². The molecule has 2 N–H and O–H groups in total. The third-order valence-corrected chi connectivity index (χ3v) is 3.65. The fourth-order valence-corrected chi connectivity index (χ4v) is 2.13. The molecule has 2 rings (SSSR count). The van der Waals surface area contributed by atoms with Crippen LogP contribution in [-0.4, -0.2) is 16.6 Å². The zero-order chi connectivity index (χ0) is 14.6. The summed E-state index contributed by atoms with van der Waals surface area (Å²) < 4.78 is 0. The van der Waals surface area contributed by atoms with Gasteiger partial charge in [0.05, 0.1) is 5.60 Å². The predicted molar refractivity (Wildman–Crippen MR) is 81.4 cm³/mol. The van der Waals surface area contributed by atoms with Crippen molar-refractivity contribution in [2.45, 2.75) is 32.9 Å². The molecule has 1 aromatic carbocycles. The smallest absolute Gasteiger partial charge is 0.0992 e. The van der Waals surface area contributed by atoms with Gasteiger partial charge in [0.15, 0.2) is 0 Å². The molecule has 0 saturated carbocycles. The van der Waals surface area contributed by atoms with Gasteiger partial charge in [0.25, 0.3) is 0 Å². The van der Waals surface area contributed by atoms with E-state index in [-0.39, 0.29) is 0 Å². The standard InChI is InChI=1S/C17H22N2O/c1-13-6-7-16(9-14(13)2)17(3,20)12-19-11-15-5-4-8-18-10-15/h4-10,19-20H,11-12H2,1-3H3. The van der Waals surface area contributed by atoms with Crippen LogP contribution < -0.4 is 5.32 Å². The van der Waals surface area contributed by atoms with E-state index in [1.54, 1.807) is 6.20 Å². The van der Waals surface area contributed by atoms with Crippen LogP contribution in [0.4, 0.5) is 0 Å². The van der Waals surface area contributed by atoms with Crippen LogP contribution >= 0.6 is 0 Å². The van der Waals surface area contributed by atoms with Crippen molar-refractivity contribution in [1.82, 2.24) is 10.3 Å². The summed E-state index contributed by atoms with van der Waals surface area (Å²) in [5.41, 5.74) is 3.63. The molecule has 20 heavy (non-hydrogen) atoms. The number of aliphatic hydroxyl groups is 1. The minimum atomic E-state index is -0.874. The van der Waals surface area contributed by atoms with E-state index in [2.05, 4.69) is 36.3 Å². The molecule has 0 amide bonds. The zero-order valence-corrected chi connectivity index (χ0v) is 12.4. The first-order valence-corrected chi connectivity index (χ1v) is 6.89. The van der Waals surface area contributed by atoms with Crippen molar-refractivity contribution >= 4 is 0 Å². The SMILES string of the molecule is Cc1ccc(C(C)(O)CNCc2cccnc2)cc1C. The molecule has 2 aromatic rings. The van der Waals surface area contributed by atoms with Crippen LogP contribution in [0.3, 0.4) is 0 Å². The topological polar surface area (TPSA) is 45.1 Å². The molecule has 0 spiro atoms. The maximum atomic E-state index is 10.6. The third-order valence-electron chi connectivity index (χ3n) is 3.65. The molecule has 0 radical (unpaired) electrons. The van der Waals surface area contributed by atoms with Crippen LogP contribution in [-0.2, 0) is 12.1 Å². The predicted octanol–water partition coefficient (Wildman–Crippen LogP) is 2.70. The summed E-state index contributed by atoms with van der Waals surface area (Å²) in [6, 6.07) is 10.0. The Kier molecular flexibility index (Phi) is 4.53. The molecule has 1 heterocycles. The highest BCUT2D eigenvalue weighted by atomic mass is 16.3. The molecule has 0 aliphatic heterocycles. The first-order valence-electron chi connectivity index (χ1n) is 6.89. The maximum absolute atomic E-state index is 10.6. The fraction of sp³-hybridized carbons (Fsp3) is 0.353. The van der Waals surface area contributed by atoms with Gasteiger partial charge in [-0.1, -0.05) is 24.3 Å². The lowest BCUT2D eigenvalue weighted by molar-refractivity contribution is 0.0566. The van der Waals surface area contributed by atoms with E-state index in [4.69, 9.17) is 0 Å². The summed E-state index contributed by atoms with van der Waals surface area (Å²) in [6.07, 6.45) is 3.59. The van der Waals surface area contributed by atoms with Crippen molar-refractivity contribution in [3.8, 4) is 0 Å². The number of hydrogen-bond donors (Lipinski definition) is 2. The molecule has 0 aliphatic carbocycles. The van der Waals surface area contributed by atoms with Gasteiger partial charge in [-0.2, -0.15) is 0 Å². The lowest BCUT2D eigenvalue weighted by Crippen LogP contribution is -2.35. The number of pyridine rings is 1. The van der Waals surface area contributed by atoms with E-state index in [9.17, 15) is 5.11 Å². The molecule has 0 saturated heterocycles. The molecule has 1 aromatic heterocycles. The molecular formula is C17H22N2O. The average Bonchev–Trinajstić information content (AvgIpc) is 2.43. The number of nitrogens with zero attached hydrogens (tertiary/aromatic N) is 1.